The first-order valence-corrected chi connectivity index (χ1v) is 7.74. The van der Waals surface area contributed by atoms with E-state index < -0.39 is 6.10 Å². The highest BCUT2D eigenvalue weighted by Gasteiger charge is 2.17. The van der Waals surface area contributed by atoms with Gasteiger partial charge in [-0.05, 0) is 25.0 Å². The second kappa shape index (κ2) is 9.03. The van der Waals surface area contributed by atoms with Crippen LogP contribution in [0.4, 0.5) is 0 Å². The molecule has 0 aromatic heterocycles. The third kappa shape index (κ3) is 5.30. The van der Waals surface area contributed by atoms with Crippen molar-refractivity contribution in [3.8, 4) is 5.75 Å². The van der Waals surface area contributed by atoms with Gasteiger partial charge in [-0.2, -0.15) is 0 Å². The molecule has 120 valence electrons. The summed E-state index contributed by atoms with van der Waals surface area (Å²) >= 11 is 0. The van der Waals surface area contributed by atoms with Crippen LogP contribution in [0, 0.1) is 12.8 Å². The summed E-state index contributed by atoms with van der Waals surface area (Å²) in [6.07, 6.45) is 0.918. The topological polar surface area (TPSA) is 61.7 Å². The van der Waals surface area contributed by atoms with Gasteiger partial charge in [-0.3, -0.25) is 0 Å². The van der Waals surface area contributed by atoms with Crippen LogP contribution < -0.4 is 10.1 Å². The van der Waals surface area contributed by atoms with Crippen molar-refractivity contribution >= 4 is 0 Å². The molecule has 0 saturated heterocycles. The number of rotatable bonds is 9. The van der Waals surface area contributed by atoms with Gasteiger partial charge in [-0.15, -0.1) is 0 Å². The number of methoxy groups -OCH3 is 1. The summed E-state index contributed by atoms with van der Waals surface area (Å²) in [6.45, 7) is 7.06. The molecule has 4 nitrogen and oxygen atoms in total. The van der Waals surface area contributed by atoms with Gasteiger partial charge in [0, 0.05) is 18.7 Å². The number of ether oxygens (including phenoxy) is 1. The Morgan fingerprint density at radius 2 is 1.81 bits per heavy atom. The summed E-state index contributed by atoms with van der Waals surface area (Å²) in [5.74, 6) is 0.999. The van der Waals surface area contributed by atoms with Crippen LogP contribution in [0.2, 0.25) is 0 Å². The second-order valence-corrected chi connectivity index (χ2v) is 5.56. The van der Waals surface area contributed by atoms with E-state index in [1.165, 1.54) is 0 Å². The fourth-order valence-electron chi connectivity index (χ4n) is 2.59. The zero-order valence-electron chi connectivity index (χ0n) is 13.6. The molecule has 0 saturated carbocycles. The van der Waals surface area contributed by atoms with E-state index in [2.05, 4.69) is 19.2 Å². The largest absolute Gasteiger partial charge is 0.496 e. The Bertz CT molecular complexity index is 418. The van der Waals surface area contributed by atoms with Crippen LogP contribution >= 0.6 is 0 Å². The van der Waals surface area contributed by atoms with Crippen molar-refractivity contribution in [1.82, 2.24) is 5.32 Å². The molecule has 0 heterocycles. The van der Waals surface area contributed by atoms with E-state index in [1.54, 1.807) is 7.11 Å². The number of hydrogen-bond acceptors (Lipinski definition) is 4. The summed E-state index contributed by atoms with van der Waals surface area (Å²) < 4.78 is 5.28. The molecule has 2 unspecified atom stereocenters. The first kappa shape index (κ1) is 18.0. The minimum atomic E-state index is -0.645. The Morgan fingerprint density at radius 3 is 2.38 bits per heavy atom. The second-order valence-electron chi connectivity index (χ2n) is 5.56. The fourth-order valence-corrected chi connectivity index (χ4v) is 2.59. The fraction of sp³-hybridized carbons (Fsp3) is 0.647. The van der Waals surface area contributed by atoms with Gasteiger partial charge in [-0.1, -0.05) is 38.3 Å². The summed E-state index contributed by atoms with van der Waals surface area (Å²) in [4.78, 5) is 0. The first-order valence-electron chi connectivity index (χ1n) is 7.74. The highest BCUT2D eigenvalue weighted by molar-refractivity contribution is 5.38. The lowest BCUT2D eigenvalue weighted by Gasteiger charge is -2.22. The van der Waals surface area contributed by atoms with Crippen LogP contribution in [0.1, 0.15) is 43.9 Å². The molecule has 1 aromatic carbocycles. The van der Waals surface area contributed by atoms with E-state index in [4.69, 9.17) is 4.74 Å². The van der Waals surface area contributed by atoms with Crippen LogP contribution in [0.5, 0.6) is 5.75 Å². The molecule has 21 heavy (non-hydrogen) atoms. The molecule has 1 aromatic rings. The number of aryl methyl sites for hydroxylation is 1. The Balaban J connectivity index is 2.54. The van der Waals surface area contributed by atoms with Crippen molar-refractivity contribution in [3.63, 3.8) is 0 Å². The Hall–Kier alpha value is -1.10. The average Bonchev–Trinajstić information content (AvgIpc) is 2.48. The standard InChI is InChI=1S/C17H29NO3/c1-5-13(6-2)15(19)10-18-11-16(20)14-9-12(3)7-8-17(14)21-4/h7-9,13,15-16,18-20H,5-6,10-11H2,1-4H3. The van der Waals surface area contributed by atoms with Crippen LogP contribution in [0.3, 0.4) is 0 Å². The van der Waals surface area contributed by atoms with Gasteiger partial charge in [0.1, 0.15) is 5.75 Å². The van der Waals surface area contributed by atoms with E-state index >= 15 is 0 Å². The summed E-state index contributed by atoms with van der Waals surface area (Å²) in [5, 5.41) is 23.5. The molecular formula is C17H29NO3. The molecule has 0 aliphatic carbocycles. The third-order valence-corrected chi connectivity index (χ3v) is 4.03. The number of benzene rings is 1. The normalized spacial score (nSPS) is 14.2. The van der Waals surface area contributed by atoms with Crippen LogP contribution in [-0.2, 0) is 0 Å². The van der Waals surface area contributed by atoms with Crippen molar-refractivity contribution in [2.24, 2.45) is 5.92 Å². The van der Waals surface area contributed by atoms with E-state index in [0.29, 0.717) is 24.8 Å². The molecular weight excluding hydrogens is 266 g/mol. The molecule has 0 amide bonds. The van der Waals surface area contributed by atoms with Gasteiger partial charge in [0.15, 0.2) is 0 Å². The van der Waals surface area contributed by atoms with E-state index in [1.807, 2.05) is 25.1 Å². The highest BCUT2D eigenvalue weighted by atomic mass is 16.5. The van der Waals surface area contributed by atoms with Crippen LogP contribution in [0.25, 0.3) is 0 Å². The molecule has 3 N–H and O–H groups in total. The maximum atomic E-state index is 10.3. The van der Waals surface area contributed by atoms with E-state index in [9.17, 15) is 10.2 Å². The number of hydrogen-bond donors (Lipinski definition) is 3. The molecule has 1 rings (SSSR count). The van der Waals surface area contributed by atoms with Gasteiger partial charge in [0.2, 0.25) is 0 Å². The minimum Gasteiger partial charge on any atom is -0.496 e. The lowest BCUT2D eigenvalue weighted by Crippen LogP contribution is -2.34. The van der Waals surface area contributed by atoms with Gasteiger partial charge >= 0.3 is 0 Å². The monoisotopic (exact) mass is 295 g/mol. The first-order chi connectivity index (χ1) is 10.0. The lowest BCUT2D eigenvalue weighted by molar-refractivity contribution is 0.0942. The van der Waals surface area contributed by atoms with Gasteiger partial charge in [-0.25, -0.2) is 0 Å². The van der Waals surface area contributed by atoms with E-state index in [0.717, 1.165) is 24.0 Å². The predicted molar refractivity (Wildman–Crippen MR) is 85.6 cm³/mol. The summed E-state index contributed by atoms with van der Waals surface area (Å²) in [5.41, 5.74) is 1.86. The van der Waals surface area contributed by atoms with Crippen LogP contribution in [0.15, 0.2) is 18.2 Å². The molecule has 0 bridgehead atoms. The van der Waals surface area contributed by atoms with E-state index in [-0.39, 0.29) is 6.10 Å². The predicted octanol–water partition coefficient (Wildman–Crippen LogP) is 2.42. The summed E-state index contributed by atoms with van der Waals surface area (Å²) in [7, 11) is 1.60. The van der Waals surface area contributed by atoms with Crippen molar-refractivity contribution in [1.29, 1.82) is 0 Å². The minimum absolute atomic E-state index is 0.308. The molecule has 2 atom stereocenters. The Kier molecular flexibility index (Phi) is 7.72. The molecule has 0 spiro atoms. The maximum Gasteiger partial charge on any atom is 0.124 e. The number of aliphatic hydroxyl groups is 2. The maximum absolute atomic E-state index is 10.3. The Labute approximate surface area is 128 Å². The molecule has 0 radical (unpaired) electrons. The van der Waals surface area contributed by atoms with Crippen molar-refractivity contribution in [2.45, 2.75) is 45.8 Å². The lowest BCUT2D eigenvalue weighted by atomic mass is 9.96. The average molecular weight is 295 g/mol. The zero-order chi connectivity index (χ0) is 15.8. The smallest absolute Gasteiger partial charge is 0.124 e. The van der Waals surface area contributed by atoms with Crippen molar-refractivity contribution < 1.29 is 14.9 Å². The number of aliphatic hydroxyl groups excluding tert-OH is 2. The molecule has 0 aliphatic rings. The van der Waals surface area contributed by atoms with Gasteiger partial charge in [0.25, 0.3) is 0 Å². The van der Waals surface area contributed by atoms with Crippen LogP contribution in [-0.4, -0.2) is 36.5 Å². The highest BCUT2D eigenvalue weighted by Crippen LogP contribution is 2.25. The molecule has 0 fully saturated rings. The van der Waals surface area contributed by atoms with Gasteiger partial charge < -0.3 is 20.3 Å². The third-order valence-electron chi connectivity index (χ3n) is 4.03. The SMILES string of the molecule is CCC(CC)C(O)CNCC(O)c1cc(C)ccc1OC. The molecule has 4 heteroatoms. The zero-order valence-corrected chi connectivity index (χ0v) is 13.6. The number of nitrogens with one attached hydrogen (secondary N) is 1. The Morgan fingerprint density at radius 1 is 1.14 bits per heavy atom. The van der Waals surface area contributed by atoms with Gasteiger partial charge in [0.05, 0.1) is 19.3 Å². The van der Waals surface area contributed by atoms with Crippen molar-refractivity contribution in [3.05, 3.63) is 29.3 Å². The summed E-state index contributed by atoms with van der Waals surface area (Å²) in [6, 6.07) is 5.76. The van der Waals surface area contributed by atoms with Crippen molar-refractivity contribution in [2.75, 3.05) is 20.2 Å². The quantitative estimate of drug-likeness (QED) is 0.655. The molecule has 0 aliphatic heterocycles.